The lowest BCUT2D eigenvalue weighted by molar-refractivity contribution is -0.121. The minimum Gasteiger partial charge on any atom is -0.399 e. The number of halogens is 1. The summed E-state index contributed by atoms with van der Waals surface area (Å²) in [5.74, 6) is -0.364. The van der Waals surface area contributed by atoms with Crippen molar-refractivity contribution in [3.63, 3.8) is 0 Å². The fourth-order valence-corrected chi connectivity index (χ4v) is 2.14. The summed E-state index contributed by atoms with van der Waals surface area (Å²) in [5, 5.41) is 3.13. The second-order valence-electron chi connectivity index (χ2n) is 4.20. The molecule has 0 atom stereocenters. The van der Waals surface area contributed by atoms with Crippen molar-refractivity contribution >= 4 is 29.1 Å². The number of carbonyl (C=O) groups is 2. The summed E-state index contributed by atoms with van der Waals surface area (Å²) in [6.45, 7) is 1.22. The van der Waals surface area contributed by atoms with Crippen molar-refractivity contribution in [1.29, 1.82) is 0 Å². The Bertz CT molecular complexity index is 470. The monoisotopic (exact) mass is 267 g/mol. The highest BCUT2D eigenvalue weighted by atomic mass is 35.5. The second-order valence-corrected chi connectivity index (χ2v) is 4.64. The van der Waals surface area contributed by atoms with Crippen LogP contribution < -0.4 is 11.1 Å². The summed E-state index contributed by atoms with van der Waals surface area (Å²) < 4.78 is 0. The number of amides is 2. The van der Waals surface area contributed by atoms with Gasteiger partial charge in [-0.1, -0.05) is 11.6 Å². The summed E-state index contributed by atoms with van der Waals surface area (Å²) in [5.41, 5.74) is 6.50. The molecule has 1 fully saturated rings. The first-order valence-electron chi connectivity index (χ1n) is 5.68. The van der Waals surface area contributed by atoms with E-state index in [-0.39, 0.29) is 18.4 Å². The van der Waals surface area contributed by atoms with Crippen molar-refractivity contribution in [2.45, 2.75) is 6.42 Å². The number of hydrogen-bond donors (Lipinski definition) is 2. The van der Waals surface area contributed by atoms with Crippen LogP contribution in [0.4, 0.5) is 5.69 Å². The molecule has 0 radical (unpaired) electrons. The Morgan fingerprint density at radius 1 is 1.39 bits per heavy atom. The number of nitrogens with zero attached hydrogens (tertiary/aromatic N) is 1. The standard InChI is InChI=1S/C12H14ClN3O2/c13-9-4-8(5-10(14)6-9)12(18)16-3-1-2-15-11(17)7-16/h4-6H,1-3,7,14H2,(H,15,17). The van der Waals surface area contributed by atoms with Crippen molar-refractivity contribution in [2.24, 2.45) is 0 Å². The molecule has 1 aliphatic rings. The lowest BCUT2D eigenvalue weighted by Crippen LogP contribution is -2.37. The van der Waals surface area contributed by atoms with Gasteiger partial charge in [-0.05, 0) is 24.6 Å². The predicted molar refractivity (Wildman–Crippen MR) is 69.4 cm³/mol. The number of anilines is 1. The van der Waals surface area contributed by atoms with Gasteiger partial charge in [-0.15, -0.1) is 0 Å². The number of rotatable bonds is 1. The van der Waals surface area contributed by atoms with Crippen molar-refractivity contribution < 1.29 is 9.59 Å². The number of carbonyl (C=O) groups excluding carboxylic acids is 2. The Kier molecular flexibility index (Phi) is 3.72. The van der Waals surface area contributed by atoms with Gasteiger partial charge >= 0.3 is 0 Å². The van der Waals surface area contributed by atoms with Crippen LogP contribution in [0.25, 0.3) is 0 Å². The van der Waals surface area contributed by atoms with Crippen molar-refractivity contribution in [1.82, 2.24) is 10.2 Å². The van der Waals surface area contributed by atoms with E-state index in [0.717, 1.165) is 6.42 Å². The van der Waals surface area contributed by atoms with E-state index in [9.17, 15) is 9.59 Å². The normalized spacial score (nSPS) is 16.1. The van der Waals surface area contributed by atoms with Crippen molar-refractivity contribution in [3.8, 4) is 0 Å². The zero-order valence-electron chi connectivity index (χ0n) is 9.78. The zero-order chi connectivity index (χ0) is 13.1. The largest absolute Gasteiger partial charge is 0.399 e. The molecule has 3 N–H and O–H groups in total. The van der Waals surface area contributed by atoms with Crippen LogP contribution in [0.3, 0.4) is 0 Å². The summed E-state index contributed by atoms with van der Waals surface area (Å²) >= 11 is 5.86. The molecule has 0 spiro atoms. The summed E-state index contributed by atoms with van der Waals surface area (Å²) in [6, 6.07) is 4.70. The van der Waals surface area contributed by atoms with Crippen molar-refractivity contribution in [2.75, 3.05) is 25.4 Å². The van der Waals surface area contributed by atoms with Gasteiger partial charge < -0.3 is 16.0 Å². The van der Waals surface area contributed by atoms with Gasteiger partial charge in [0.1, 0.15) is 0 Å². The van der Waals surface area contributed by atoms with E-state index in [4.69, 9.17) is 17.3 Å². The molecule has 1 aromatic rings. The molecular weight excluding hydrogens is 254 g/mol. The van der Waals surface area contributed by atoms with E-state index in [1.165, 1.54) is 4.90 Å². The Morgan fingerprint density at radius 2 is 2.17 bits per heavy atom. The van der Waals surface area contributed by atoms with Gasteiger partial charge in [0, 0.05) is 29.4 Å². The highest BCUT2D eigenvalue weighted by molar-refractivity contribution is 6.31. The van der Waals surface area contributed by atoms with Gasteiger partial charge in [0.15, 0.2) is 0 Å². The maximum atomic E-state index is 12.2. The van der Waals surface area contributed by atoms with Crippen LogP contribution in [0.2, 0.25) is 5.02 Å². The van der Waals surface area contributed by atoms with Crippen LogP contribution in [-0.4, -0.2) is 36.3 Å². The second kappa shape index (κ2) is 5.27. The molecule has 2 rings (SSSR count). The molecule has 5 nitrogen and oxygen atoms in total. The van der Waals surface area contributed by atoms with E-state index in [1.807, 2.05) is 0 Å². The molecule has 1 saturated heterocycles. The van der Waals surface area contributed by atoms with Crippen LogP contribution in [0, 0.1) is 0 Å². The van der Waals surface area contributed by atoms with E-state index < -0.39 is 0 Å². The van der Waals surface area contributed by atoms with Crippen LogP contribution in [0.1, 0.15) is 16.8 Å². The molecule has 0 bridgehead atoms. The average molecular weight is 268 g/mol. The third kappa shape index (κ3) is 2.92. The third-order valence-electron chi connectivity index (χ3n) is 2.72. The first-order valence-corrected chi connectivity index (χ1v) is 6.06. The first-order chi connectivity index (χ1) is 8.56. The molecule has 96 valence electrons. The fourth-order valence-electron chi connectivity index (χ4n) is 1.90. The smallest absolute Gasteiger partial charge is 0.254 e. The van der Waals surface area contributed by atoms with Gasteiger partial charge in [0.25, 0.3) is 5.91 Å². The van der Waals surface area contributed by atoms with Gasteiger partial charge in [-0.2, -0.15) is 0 Å². The number of nitrogens with one attached hydrogen (secondary N) is 1. The Hall–Kier alpha value is -1.75. The third-order valence-corrected chi connectivity index (χ3v) is 2.93. The molecule has 1 heterocycles. The zero-order valence-corrected chi connectivity index (χ0v) is 10.5. The van der Waals surface area contributed by atoms with E-state index in [0.29, 0.717) is 29.4 Å². The average Bonchev–Trinajstić information content (AvgIpc) is 2.51. The number of hydrogen-bond acceptors (Lipinski definition) is 3. The maximum Gasteiger partial charge on any atom is 0.254 e. The number of nitrogens with two attached hydrogens (primary N) is 1. The highest BCUT2D eigenvalue weighted by Gasteiger charge is 2.21. The summed E-state index contributed by atoms with van der Waals surface area (Å²) in [6.07, 6.45) is 0.744. The maximum absolute atomic E-state index is 12.2. The van der Waals surface area contributed by atoms with E-state index in [2.05, 4.69) is 5.32 Å². The minimum atomic E-state index is -0.221. The van der Waals surface area contributed by atoms with Gasteiger partial charge in [-0.25, -0.2) is 0 Å². The Morgan fingerprint density at radius 3 is 2.89 bits per heavy atom. The van der Waals surface area contributed by atoms with Crippen LogP contribution >= 0.6 is 11.6 Å². The molecule has 6 heteroatoms. The Labute approximate surface area is 110 Å². The quantitative estimate of drug-likeness (QED) is 0.742. The van der Waals surface area contributed by atoms with Gasteiger partial charge in [-0.3, -0.25) is 9.59 Å². The van der Waals surface area contributed by atoms with Gasteiger partial charge in [0.05, 0.1) is 6.54 Å². The number of nitrogen functional groups attached to an aromatic ring is 1. The molecule has 1 aliphatic heterocycles. The molecule has 18 heavy (non-hydrogen) atoms. The summed E-state index contributed by atoms with van der Waals surface area (Å²) in [4.78, 5) is 25.1. The molecule has 0 aliphatic carbocycles. The van der Waals surface area contributed by atoms with Gasteiger partial charge in [0.2, 0.25) is 5.91 Å². The number of benzene rings is 1. The Balaban J connectivity index is 2.21. The lowest BCUT2D eigenvalue weighted by atomic mass is 10.1. The molecule has 0 aromatic heterocycles. The fraction of sp³-hybridized carbons (Fsp3) is 0.333. The van der Waals surface area contributed by atoms with Crippen molar-refractivity contribution in [3.05, 3.63) is 28.8 Å². The molecule has 0 saturated carbocycles. The topological polar surface area (TPSA) is 75.4 Å². The highest BCUT2D eigenvalue weighted by Crippen LogP contribution is 2.18. The molecule has 1 aromatic carbocycles. The minimum absolute atomic E-state index is 0.0747. The SMILES string of the molecule is Nc1cc(Cl)cc(C(=O)N2CCCNC(=O)C2)c1. The summed E-state index contributed by atoms with van der Waals surface area (Å²) in [7, 11) is 0. The van der Waals surface area contributed by atoms with Crippen LogP contribution in [-0.2, 0) is 4.79 Å². The van der Waals surface area contributed by atoms with Crippen LogP contribution in [0.5, 0.6) is 0 Å². The predicted octanol–water partition coefficient (Wildman–Crippen LogP) is 0.884. The van der Waals surface area contributed by atoms with E-state index in [1.54, 1.807) is 18.2 Å². The van der Waals surface area contributed by atoms with E-state index >= 15 is 0 Å². The first kappa shape index (κ1) is 12.7. The molecular formula is C12H14ClN3O2. The molecule has 0 unspecified atom stereocenters. The lowest BCUT2D eigenvalue weighted by Gasteiger charge is -2.19. The van der Waals surface area contributed by atoms with Crippen LogP contribution in [0.15, 0.2) is 18.2 Å². The molecule has 2 amide bonds.